The van der Waals surface area contributed by atoms with Crippen molar-refractivity contribution in [3.8, 4) is 0 Å². The van der Waals surface area contributed by atoms with Crippen LogP contribution in [0.4, 0.5) is 13.2 Å². The molecule has 0 aliphatic heterocycles. The van der Waals surface area contributed by atoms with Crippen LogP contribution in [0.5, 0.6) is 0 Å². The molecular formula is C7H12F3N. The van der Waals surface area contributed by atoms with Crippen LogP contribution in [0.2, 0.25) is 0 Å². The lowest BCUT2D eigenvalue weighted by Gasteiger charge is -2.20. The minimum atomic E-state index is -4.11. The van der Waals surface area contributed by atoms with Gasteiger partial charge in [-0.2, -0.15) is 13.2 Å². The highest BCUT2D eigenvalue weighted by molar-refractivity contribution is 4.94. The van der Waals surface area contributed by atoms with E-state index in [9.17, 15) is 13.2 Å². The van der Waals surface area contributed by atoms with Gasteiger partial charge in [0, 0.05) is 12.7 Å². The lowest BCUT2D eigenvalue weighted by atomic mass is 10.4. The molecule has 11 heavy (non-hydrogen) atoms. The van der Waals surface area contributed by atoms with E-state index in [0.717, 1.165) is 0 Å². The van der Waals surface area contributed by atoms with Crippen LogP contribution in [0, 0.1) is 0 Å². The summed E-state index contributed by atoms with van der Waals surface area (Å²) >= 11 is 0. The van der Waals surface area contributed by atoms with Gasteiger partial charge in [-0.05, 0) is 13.8 Å². The van der Waals surface area contributed by atoms with Crippen molar-refractivity contribution in [3.05, 3.63) is 11.8 Å². The Balaban J connectivity index is 3.98. The Morgan fingerprint density at radius 2 is 1.91 bits per heavy atom. The predicted molar refractivity (Wildman–Crippen MR) is 38.1 cm³/mol. The maximum absolute atomic E-state index is 11.7. The molecule has 0 spiro atoms. The first kappa shape index (κ1) is 10.3. The number of alkyl halides is 3. The van der Waals surface area contributed by atoms with Gasteiger partial charge in [0.1, 0.15) is 6.54 Å². The zero-order chi connectivity index (χ0) is 9.07. The van der Waals surface area contributed by atoms with E-state index in [4.69, 9.17) is 0 Å². The van der Waals surface area contributed by atoms with Gasteiger partial charge in [0.15, 0.2) is 0 Å². The second-order valence-electron chi connectivity index (χ2n) is 2.40. The van der Waals surface area contributed by atoms with Gasteiger partial charge in [0.2, 0.25) is 0 Å². The van der Waals surface area contributed by atoms with Crippen molar-refractivity contribution < 1.29 is 13.2 Å². The number of halogens is 3. The summed E-state index contributed by atoms with van der Waals surface area (Å²) in [6.45, 7) is 2.47. The lowest BCUT2D eigenvalue weighted by molar-refractivity contribution is -0.139. The summed E-state index contributed by atoms with van der Waals surface area (Å²) in [4.78, 5) is 1.17. The van der Waals surface area contributed by atoms with E-state index in [1.807, 2.05) is 0 Å². The molecule has 0 radical (unpaired) electrons. The highest BCUT2D eigenvalue weighted by Crippen LogP contribution is 2.17. The molecule has 0 atom stereocenters. The van der Waals surface area contributed by atoms with E-state index in [-0.39, 0.29) is 0 Å². The van der Waals surface area contributed by atoms with Gasteiger partial charge in [-0.3, -0.25) is 0 Å². The number of hydrogen-bond acceptors (Lipinski definition) is 1. The van der Waals surface area contributed by atoms with Crippen LogP contribution in [0.1, 0.15) is 13.8 Å². The van der Waals surface area contributed by atoms with E-state index in [1.54, 1.807) is 19.9 Å². The molecule has 0 rings (SSSR count). The summed E-state index contributed by atoms with van der Waals surface area (Å²) in [5.74, 6) is 0. The standard InChI is InChI=1S/C7H12F3N/c1-4-6(2)11(3)5-7(8,9)10/h4H,5H2,1-3H3/b6-4-. The molecule has 0 aromatic rings. The highest BCUT2D eigenvalue weighted by atomic mass is 19.4. The van der Waals surface area contributed by atoms with Gasteiger partial charge >= 0.3 is 6.18 Å². The molecule has 1 nitrogen and oxygen atoms in total. The molecule has 0 bridgehead atoms. The van der Waals surface area contributed by atoms with Crippen LogP contribution in [0.3, 0.4) is 0 Å². The third kappa shape index (κ3) is 4.70. The first-order valence-corrected chi connectivity index (χ1v) is 3.27. The molecule has 0 aromatic heterocycles. The summed E-state index contributed by atoms with van der Waals surface area (Å²) in [5, 5.41) is 0. The lowest BCUT2D eigenvalue weighted by Crippen LogP contribution is -2.29. The van der Waals surface area contributed by atoms with Crippen LogP contribution >= 0.6 is 0 Å². The predicted octanol–water partition coefficient (Wildman–Crippen LogP) is 2.40. The fourth-order valence-electron chi connectivity index (χ4n) is 0.614. The van der Waals surface area contributed by atoms with E-state index >= 15 is 0 Å². The second kappa shape index (κ2) is 3.64. The van der Waals surface area contributed by atoms with Crippen molar-refractivity contribution in [2.45, 2.75) is 20.0 Å². The van der Waals surface area contributed by atoms with Gasteiger partial charge in [0.05, 0.1) is 0 Å². The van der Waals surface area contributed by atoms with Crippen LogP contribution in [-0.2, 0) is 0 Å². The average molecular weight is 167 g/mol. The Hall–Kier alpha value is -0.670. The first-order valence-electron chi connectivity index (χ1n) is 3.27. The van der Waals surface area contributed by atoms with Crippen LogP contribution in [0.15, 0.2) is 11.8 Å². The van der Waals surface area contributed by atoms with Crippen molar-refractivity contribution >= 4 is 0 Å². The van der Waals surface area contributed by atoms with Crippen LogP contribution < -0.4 is 0 Å². The maximum Gasteiger partial charge on any atom is 0.405 e. The summed E-state index contributed by atoms with van der Waals surface area (Å²) in [6.07, 6.45) is -2.47. The summed E-state index contributed by atoms with van der Waals surface area (Å²) in [5.41, 5.74) is 0.627. The molecule has 66 valence electrons. The number of nitrogens with zero attached hydrogens (tertiary/aromatic N) is 1. The molecule has 4 heteroatoms. The fourth-order valence-corrected chi connectivity index (χ4v) is 0.614. The molecular weight excluding hydrogens is 155 g/mol. The van der Waals surface area contributed by atoms with Gasteiger partial charge in [-0.1, -0.05) is 6.08 Å². The van der Waals surface area contributed by atoms with Crippen molar-refractivity contribution in [3.63, 3.8) is 0 Å². The maximum atomic E-state index is 11.7. The largest absolute Gasteiger partial charge is 0.405 e. The number of allylic oxidation sites excluding steroid dienone is 2. The quantitative estimate of drug-likeness (QED) is 0.610. The van der Waals surface area contributed by atoms with Crippen LogP contribution in [-0.4, -0.2) is 24.7 Å². The van der Waals surface area contributed by atoms with E-state index in [2.05, 4.69) is 0 Å². The molecule has 0 saturated heterocycles. The number of hydrogen-bond donors (Lipinski definition) is 0. The SMILES string of the molecule is C/C=C(/C)N(C)CC(F)(F)F. The van der Waals surface area contributed by atoms with E-state index in [1.165, 1.54) is 11.9 Å². The molecule has 0 fully saturated rings. The Kier molecular flexibility index (Phi) is 3.42. The van der Waals surface area contributed by atoms with Crippen LogP contribution in [0.25, 0.3) is 0 Å². The van der Waals surface area contributed by atoms with E-state index in [0.29, 0.717) is 5.70 Å². The molecule has 0 amide bonds. The Bertz CT molecular complexity index is 148. The normalized spacial score (nSPS) is 13.5. The Morgan fingerprint density at radius 3 is 2.18 bits per heavy atom. The summed E-state index contributed by atoms with van der Waals surface area (Å²) in [7, 11) is 1.42. The third-order valence-electron chi connectivity index (χ3n) is 1.44. The smallest absolute Gasteiger partial charge is 0.370 e. The molecule has 0 aliphatic carbocycles. The van der Waals surface area contributed by atoms with Crippen molar-refractivity contribution in [2.24, 2.45) is 0 Å². The fraction of sp³-hybridized carbons (Fsp3) is 0.714. The van der Waals surface area contributed by atoms with Gasteiger partial charge in [-0.15, -0.1) is 0 Å². The third-order valence-corrected chi connectivity index (χ3v) is 1.44. The second-order valence-corrected chi connectivity index (χ2v) is 2.40. The molecule has 0 aliphatic rings. The zero-order valence-corrected chi connectivity index (χ0v) is 6.87. The molecule has 0 saturated carbocycles. The first-order chi connectivity index (χ1) is 4.87. The number of rotatable bonds is 2. The van der Waals surface area contributed by atoms with Gasteiger partial charge in [-0.25, -0.2) is 0 Å². The Morgan fingerprint density at radius 1 is 1.45 bits per heavy atom. The molecule has 0 aromatic carbocycles. The highest BCUT2D eigenvalue weighted by Gasteiger charge is 2.29. The molecule has 0 unspecified atom stereocenters. The molecule has 0 heterocycles. The topological polar surface area (TPSA) is 3.24 Å². The minimum Gasteiger partial charge on any atom is -0.370 e. The average Bonchev–Trinajstić information content (AvgIpc) is 1.82. The summed E-state index contributed by atoms with van der Waals surface area (Å²) < 4.78 is 35.2. The van der Waals surface area contributed by atoms with Crippen molar-refractivity contribution in [1.29, 1.82) is 0 Å². The van der Waals surface area contributed by atoms with E-state index < -0.39 is 12.7 Å². The van der Waals surface area contributed by atoms with Gasteiger partial charge in [0.25, 0.3) is 0 Å². The summed E-state index contributed by atoms with van der Waals surface area (Å²) in [6, 6.07) is 0. The molecule has 0 N–H and O–H groups in total. The minimum absolute atomic E-state index is 0.627. The zero-order valence-electron chi connectivity index (χ0n) is 6.87. The Labute approximate surface area is 64.5 Å². The van der Waals surface area contributed by atoms with Gasteiger partial charge < -0.3 is 4.90 Å². The van der Waals surface area contributed by atoms with Crippen molar-refractivity contribution in [2.75, 3.05) is 13.6 Å². The van der Waals surface area contributed by atoms with Crippen molar-refractivity contribution in [1.82, 2.24) is 4.90 Å². The monoisotopic (exact) mass is 167 g/mol.